The van der Waals surface area contributed by atoms with E-state index in [1.165, 1.54) is 16.7 Å². The first-order valence-electron chi connectivity index (χ1n) is 9.67. The predicted molar refractivity (Wildman–Crippen MR) is 111 cm³/mol. The molecular formula is C23H35NO2. The molecule has 2 aromatic carbocycles. The molecule has 0 amide bonds. The molecule has 0 aliphatic carbocycles. The van der Waals surface area contributed by atoms with Crippen LogP contribution in [0.3, 0.4) is 0 Å². The van der Waals surface area contributed by atoms with Crippen molar-refractivity contribution in [2.75, 3.05) is 7.11 Å². The summed E-state index contributed by atoms with van der Waals surface area (Å²) in [6.45, 7) is 11.5. The number of aromatic hydroxyl groups is 1. The maximum Gasteiger partial charge on any atom is 0.160 e. The molecule has 1 atom stereocenters. The van der Waals surface area contributed by atoms with Gasteiger partial charge in [-0.05, 0) is 54.5 Å². The molecule has 0 aromatic heterocycles. The molecule has 0 saturated heterocycles. The summed E-state index contributed by atoms with van der Waals surface area (Å²) in [5.41, 5.74) is 3.88. The number of hydrogen-bond acceptors (Lipinski definition) is 3. The Balaban J connectivity index is 0.00000163. The number of rotatable bonds is 8. The Morgan fingerprint density at radius 2 is 1.58 bits per heavy atom. The van der Waals surface area contributed by atoms with Gasteiger partial charge in [0, 0.05) is 12.6 Å². The van der Waals surface area contributed by atoms with Gasteiger partial charge < -0.3 is 15.2 Å². The molecule has 0 radical (unpaired) electrons. The van der Waals surface area contributed by atoms with Gasteiger partial charge in [-0.25, -0.2) is 0 Å². The Morgan fingerprint density at radius 3 is 2.15 bits per heavy atom. The summed E-state index contributed by atoms with van der Waals surface area (Å²) in [5, 5.41) is 13.2. The van der Waals surface area contributed by atoms with Gasteiger partial charge in [-0.3, -0.25) is 0 Å². The number of phenolic OH excluding ortho intramolecular Hbond substituents is 1. The van der Waals surface area contributed by atoms with Gasteiger partial charge in [0.2, 0.25) is 0 Å². The van der Waals surface area contributed by atoms with Gasteiger partial charge in [-0.2, -0.15) is 0 Å². The Kier molecular flexibility index (Phi) is 9.82. The van der Waals surface area contributed by atoms with E-state index in [1.807, 2.05) is 26.0 Å². The van der Waals surface area contributed by atoms with Gasteiger partial charge in [0.15, 0.2) is 11.5 Å². The van der Waals surface area contributed by atoms with Crippen LogP contribution in [-0.2, 0) is 13.0 Å². The molecule has 0 aliphatic heterocycles. The molecule has 3 nitrogen and oxygen atoms in total. The molecule has 0 heterocycles. The quantitative estimate of drug-likeness (QED) is 0.640. The largest absolute Gasteiger partial charge is 0.504 e. The number of ether oxygens (including phenoxy) is 1. The molecule has 0 spiro atoms. The summed E-state index contributed by atoms with van der Waals surface area (Å²) in [6, 6.07) is 14.8. The first-order valence-corrected chi connectivity index (χ1v) is 9.67. The van der Waals surface area contributed by atoms with Crippen LogP contribution in [0.2, 0.25) is 0 Å². The topological polar surface area (TPSA) is 41.5 Å². The van der Waals surface area contributed by atoms with E-state index < -0.39 is 0 Å². The van der Waals surface area contributed by atoms with Crippen LogP contribution in [0.4, 0.5) is 0 Å². The van der Waals surface area contributed by atoms with Gasteiger partial charge in [-0.15, -0.1) is 0 Å². The number of nitrogens with one attached hydrogen (secondary N) is 1. The average Bonchev–Trinajstić information content (AvgIpc) is 2.67. The SMILES string of the molecule is CC.COc1cc(CCC(C)NCc2ccc(C(C)C)cc2)ccc1O. The van der Waals surface area contributed by atoms with Crippen LogP contribution in [-0.4, -0.2) is 18.3 Å². The lowest BCUT2D eigenvalue weighted by molar-refractivity contribution is 0.372. The third kappa shape index (κ3) is 7.09. The Hall–Kier alpha value is -2.00. The van der Waals surface area contributed by atoms with Crippen LogP contribution in [0.1, 0.15) is 63.6 Å². The monoisotopic (exact) mass is 357 g/mol. The number of methoxy groups -OCH3 is 1. The van der Waals surface area contributed by atoms with Crippen molar-refractivity contribution in [3.05, 3.63) is 59.2 Å². The third-order valence-electron chi connectivity index (χ3n) is 4.41. The minimum absolute atomic E-state index is 0.192. The van der Waals surface area contributed by atoms with Crippen molar-refractivity contribution in [2.24, 2.45) is 0 Å². The first-order chi connectivity index (χ1) is 12.5. The van der Waals surface area contributed by atoms with E-state index in [0.717, 1.165) is 19.4 Å². The highest BCUT2D eigenvalue weighted by molar-refractivity contribution is 5.41. The normalized spacial score (nSPS) is 11.7. The second-order valence-electron chi connectivity index (χ2n) is 6.72. The fraction of sp³-hybridized carbons (Fsp3) is 0.478. The average molecular weight is 358 g/mol. The van der Waals surface area contributed by atoms with E-state index in [4.69, 9.17) is 4.74 Å². The van der Waals surface area contributed by atoms with E-state index in [-0.39, 0.29) is 5.75 Å². The lowest BCUT2D eigenvalue weighted by atomic mass is 10.0. The van der Waals surface area contributed by atoms with E-state index in [0.29, 0.717) is 17.7 Å². The minimum atomic E-state index is 0.192. The second-order valence-corrected chi connectivity index (χ2v) is 6.72. The van der Waals surface area contributed by atoms with Crippen molar-refractivity contribution >= 4 is 0 Å². The van der Waals surface area contributed by atoms with Crippen molar-refractivity contribution in [3.8, 4) is 11.5 Å². The number of hydrogen-bond donors (Lipinski definition) is 2. The zero-order valence-corrected chi connectivity index (χ0v) is 17.2. The van der Waals surface area contributed by atoms with Crippen LogP contribution >= 0.6 is 0 Å². The molecule has 2 rings (SSSR count). The van der Waals surface area contributed by atoms with Gasteiger partial charge in [0.05, 0.1) is 7.11 Å². The maximum absolute atomic E-state index is 9.64. The zero-order valence-electron chi connectivity index (χ0n) is 17.2. The van der Waals surface area contributed by atoms with Crippen LogP contribution in [0, 0.1) is 0 Å². The zero-order chi connectivity index (χ0) is 19.5. The lowest BCUT2D eigenvalue weighted by Crippen LogP contribution is -2.25. The molecule has 2 N–H and O–H groups in total. The predicted octanol–water partition coefficient (Wildman–Crippen LogP) is 5.66. The maximum atomic E-state index is 9.64. The van der Waals surface area contributed by atoms with E-state index >= 15 is 0 Å². The minimum Gasteiger partial charge on any atom is -0.504 e. The molecule has 0 aliphatic rings. The molecule has 1 unspecified atom stereocenters. The molecule has 0 saturated carbocycles. The van der Waals surface area contributed by atoms with Crippen LogP contribution < -0.4 is 10.1 Å². The van der Waals surface area contributed by atoms with E-state index in [1.54, 1.807) is 13.2 Å². The van der Waals surface area contributed by atoms with Crippen LogP contribution in [0.15, 0.2) is 42.5 Å². The standard InChI is InChI=1S/C21H29NO2.C2H6/c1-15(2)19-10-7-18(8-11-19)14-22-16(3)5-6-17-9-12-20(23)21(13-17)24-4;1-2/h7-13,15-16,22-23H,5-6,14H2,1-4H3;1-2H3. The van der Waals surface area contributed by atoms with Gasteiger partial charge in [0.1, 0.15) is 0 Å². The van der Waals surface area contributed by atoms with Gasteiger partial charge in [0.25, 0.3) is 0 Å². The number of phenols is 1. The molecule has 3 heteroatoms. The van der Waals surface area contributed by atoms with Crippen LogP contribution in [0.25, 0.3) is 0 Å². The summed E-state index contributed by atoms with van der Waals surface area (Å²) in [4.78, 5) is 0. The molecule has 26 heavy (non-hydrogen) atoms. The highest BCUT2D eigenvalue weighted by Gasteiger charge is 2.06. The summed E-state index contributed by atoms with van der Waals surface area (Å²) in [7, 11) is 1.58. The smallest absolute Gasteiger partial charge is 0.160 e. The molecule has 0 bridgehead atoms. The fourth-order valence-electron chi connectivity index (χ4n) is 2.68. The second kappa shape index (κ2) is 11.6. The number of aryl methyl sites for hydroxylation is 1. The van der Waals surface area contributed by atoms with Crippen LogP contribution in [0.5, 0.6) is 11.5 Å². The Labute approximate surface area is 159 Å². The van der Waals surface area contributed by atoms with Crippen molar-refractivity contribution in [2.45, 2.75) is 66.0 Å². The van der Waals surface area contributed by atoms with Gasteiger partial charge in [-0.1, -0.05) is 58.0 Å². The van der Waals surface area contributed by atoms with E-state index in [2.05, 4.69) is 50.4 Å². The first kappa shape index (κ1) is 22.0. The summed E-state index contributed by atoms with van der Waals surface area (Å²) >= 11 is 0. The Bertz CT molecular complexity index is 635. The van der Waals surface area contributed by atoms with Crippen molar-refractivity contribution in [1.29, 1.82) is 0 Å². The fourth-order valence-corrected chi connectivity index (χ4v) is 2.68. The van der Waals surface area contributed by atoms with Crippen molar-refractivity contribution < 1.29 is 9.84 Å². The highest BCUT2D eigenvalue weighted by atomic mass is 16.5. The molecule has 0 fully saturated rings. The van der Waals surface area contributed by atoms with Crippen molar-refractivity contribution in [1.82, 2.24) is 5.32 Å². The Morgan fingerprint density at radius 1 is 0.962 bits per heavy atom. The van der Waals surface area contributed by atoms with E-state index in [9.17, 15) is 5.11 Å². The lowest BCUT2D eigenvalue weighted by Gasteiger charge is -2.15. The van der Waals surface area contributed by atoms with Crippen molar-refractivity contribution in [3.63, 3.8) is 0 Å². The third-order valence-corrected chi connectivity index (χ3v) is 4.41. The molecule has 2 aromatic rings. The highest BCUT2D eigenvalue weighted by Crippen LogP contribution is 2.26. The molecular weight excluding hydrogens is 322 g/mol. The number of benzene rings is 2. The summed E-state index contributed by atoms with van der Waals surface area (Å²) < 4.78 is 5.16. The molecule has 144 valence electrons. The summed E-state index contributed by atoms with van der Waals surface area (Å²) in [5.74, 6) is 1.31. The summed E-state index contributed by atoms with van der Waals surface area (Å²) in [6.07, 6.45) is 2.00. The van der Waals surface area contributed by atoms with Gasteiger partial charge >= 0.3 is 0 Å².